The molecule has 10 heteroatoms. The molecule has 45 heavy (non-hydrogen) atoms. The number of nitrogens with zero attached hydrogens (tertiary/aromatic N) is 5. The van der Waals surface area contributed by atoms with Gasteiger partial charge < -0.3 is 14.8 Å². The Morgan fingerprint density at radius 2 is 1.84 bits per heavy atom. The number of carbonyl (C=O) groups is 1. The number of halogens is 3. The van der Waals surface area contributed by atoms with Gasteiger partial charge in [-0.1, -0.05) is 25.8 Å². The van der Waals surface area contributed by atoms with Crippen LogP contribution in [0.5, 0.6) is 0 Å². The van der Waals surface area contributed by atoms with E-state index in [4.69, 9.17) is 0 Å². The molecule has 0 saturated carbocycles. The van der Waals surface area contributed by atoms with Gasteiger partial charge in [0.05, 0.1) is 47.8 Å². The number of anilines is 1. The number of hydrogen-bond donors (Lipinski definition) is 1. The third-order valence-corrected chi connectivity index (χ3v) is 8.65. The van der Waals surface area contributed by atoms with Crippen molar-refractivity contribution in [2.45, 2.75) is 71.5 Å². The topological polar surface area (TPSA) is 77.2 Å². The van der Waals surface area contributed by atoms with Crippen molar-refractivity contribution in [2.75, 3.05) is 44.6 Å². The SMILES string of the molecule is CCN(CC)CC(=O)N1CCC(CCc2ccc3c(c2)cc(C#CCNc2ccc(C(C)(C)C#N)nc2)n3CC(F)(F)F)CC1. The van der Waals surface area contributed by atoms with Crippen molar-refractivity contribution >= 4 is 22.5 Å². The van der Waals surface area contributed by atoms with Crippen LogP contribution >= 0.6 is 0 Å². The van der Waals surface area contributed by atoms with Gasteiger partial charge >= 0.3 is 6.18 Å². The fraction of sp³-hybridized carbons (Fsp3) is 0.514. The standard InChI is InChI=1S/C35H43F3N6O/c1-5-42(6-2)23-33(45)43-18-15-26(16-19-43)9-10-27-11-13-31-28(20-27)21-30(44(31)25-35(36,37)38)8-7-17-40-29-12-14-32(41-22-29)34(3,4)24-39/h11-14,20-22,26,40H,5-6,9-10,15-19,23,25H2,1-4H3. The van der Waals surface area contributed by atoms with Gasteiger partial charge in [0.2, 0.25) is 5.91 Å². The second-order valence-corrected chi connectivity index (χ2v) is 12.3. The van der Waals surface area contributed by atoms with E-state index in [1.54, 1.807) is 38.2 Å². The summed E-state index contributed by atoms with van der Waals surface area (Å²) in [4.78, 5) is 21.1. The number of nitrogens with one attached hydrogen (secondary N) is 1. The lowest BCUT2D eigenvalue weighted by molar-refractivity contribution is -0.140. The molecule has 1 amide bonds. The number of alkyl halides is 3. The van der Waals surface area contributed by atoms with Crippen LogP contribution in [0.15, 0.2) is 42.6 Å². The number of pyridine rings is 1. The first-order valence-electron chi connectivity index (χ1n) is 15.7. The lowest BCUT2D eigenvalue weighted by Gasteiger charge is -2.33. The van der Waals surface area contributed by atoms with E-state index >= 15 is 0 Å². The Labute approximate surface area is 264 Å². The highest BCUT2D eigenvalue weighted by molar-refractivity contribution is 5.83. The second-order valence-electron chi connectivity index (χ2n) is 12.3. The number of hydrogen-bond acceptors (Lipinski definition) is 5. The maximum atomic E-state index is 13.5. The summed E-state index contributed by atoms with van der Waals surface area (Å²) in [5.41, 5.74) is 2.57. The summed E-state index contributed by atoms with van der Waals surface area (Å²) in [5.74, 6) is 6.59. The third kappa shape index (κ3) is 9.25. The van der Waals surface area contributed by atoms with Crippen molar-refractivity contribution in [3.63, 3.8) is 0 Å². The summed E-state index contributed by atoms with van der Waals surface area (Å²) in [6.45, 7) is 10.6. The average molecular weight is 621 g/mol. The Morgan fingerprint density at radius 1 is 1.11 bits per heavy atom. The first kappa shape index (κ1) is 33.9. The highest BCUT2D eigenvalue weighted by atomic mass is 19.4. The fourth-order valence-corrected chi connectivity index (χ4v) is 5.72. The molecule has 1 N–H and O–H groups in total. The summed E-state index contributed by atoms with van der Waals surface area (Å²) in [6.07, 6.45) is 0.997. The Hall–Kier alpha value is -4.02. The Balaban J connectivity index is 1.38. The van der Waals surface area contributed by atoms with E-state index in [2.05, 4.69) is 47.0 Å². The minimum absolute atomic E-state index is 0.201. The predicted molar refractivity (Wildman–Crippen MR) is 172 cm³/mol. The van der Waals surface area contributed by atoms with Crippen molar-refractivity contribution in [1.29, 1.82) is 5.26 Å². The van der Waals surface area contributed by atoms with Gasteiger partial charge in [-0.2, -0.15) is 18.4 Å². The first-order valence-corrected chi connectivity index (χ1v) is 15.7. The molecule has 0 atom stereocenters. The number of carbonyl (C=O) groups excluding carboxylic acids is 1. The largest absolute Gasteiger partial charge is 0.406 e. The predicted octanol–water partition coefficient (Wildman–Crippen LogP) is 6.38. The maximum Gasteiger partial charge on any atom is 0.406 e. The van der Waals surface area contributed by atoms with Crippen LogP contribution in [-0.4, -0.2) is 70.7 Å². The van der Waals surface area contributed by atoms with Gasteiger partial charge in [-0.15, -0.1) is 0 Å². The molecule has 240 valence electrons. The average Bonchev–Trinajstić information content (AvgIpc) is 3.35. The van der Waals surface area contributed by atoms with E-state index in [9.17, 15) is 23.2 Å². The molecule has 0 spiro atoms. The van der Waals surface area contributed by atoms with E-state index in [0.717, 1.165) is 62.8 Å². The number of aromatic nitrogens is 2. The van der Waals surface area contributed by atoms with Gasteiger partial charge in [0.25, 0.3) is 0 Å². The highest BCUT2D eigenvalue weighted by Gasteiger charge is 2.30. The summed E-state index contributed by atoms with van der Waals surface area (Å²) in [6, 6.07) is 13.2. The van der Waals surface area contributed by atoms with Crippen LogP contribution in [0, 0.1) is 29.1 Å². The molecule has 1 fully saturated rings. The lowest BCUT2D eigenvalue weighted by Crippen LogP contribution is -2.44. The van der Waals surface area contributed by atoms with Crippen LogP contribution in [0.4, 0.5) is 18.9 Å². The maximum absolute atomic E-state index is 13.5. The molecule has 1 aliphatic rings. The van der Waals surface area contributed by atoms with E-state index in [1.807, 2.05) is 23.1 Å². The number of piperidine rings is 1. The molecule has 0 aliphatic carbocycles. The van der Waals surface area contributed by atoms with Crippen molar-refractivity contribution in [3.05, 3.63) is 59.5 Å². The second kappa shape index (κ2) is 14.8. The fourth-order valence-electron chi connectivity index (χ4n) is 5.72. The summed E-state index contributed by atoms with van der Waals surface area (Å²) in [7, 11) is 0. The molecule has 2 aromatic heterocycles. The molecule has 7 nitrogen and oxygen atoms in total. The Kier molecular flexibility index (Phi) is 11.2. The third-order valence-electron chi connectivity index (χ3n) is 8.65. The Bertz CT molecular complexity index is 1550. The summed E-state index contributed by atoms with van der Waals surface area (Å²) < 4.78 is 41.8. The van der Waals surface area contributed by atoms with E-state index in [1.165, 1.54) is 4.57 Å². The number of likely N-dealkylation sites (tertiary alicyclic amines) is 1. The number of benzene rings is 1. The monoisotopic (exact) mass is 620 g/mol. The Morgan fingerprint density at radius 3 is 2.47 bits per heavy atom. The van der Waals surface area contributed by atoms with Gasteiger partial charge in [0.15, 0.2) is 0 Å². The van der Waals surface area contributed by atoms with Crippen LogP contribution in [0.1, 0.15) is 63.9 Å². The van der Waals surface area contributed by atoms with Crippen LogP contribution in [0.2, 0.25) is 0 Å². The molecule has 1 aliphatic heterocycles. The van der Waals surface area contributed by atoms with Crippen molar-refractivity contribution in [1.82, 2.24) is 19.4 Å². The zero-order valence-corrected chi connectivity index (χ0v) is 26.7. The van der Waals surface area contributed by atoms with Gasteiger partial charge in [0.1, 0.15) is 6.54 Å². The normalized spacial score (nSPS) is 14.3. The molecule has 1 aromatic carbocycles. The van der Waals surface area contributed by atoms with Crippen molar-refractivity contribution in [3.8, 4) is 17.9 Å². The van der Waals surface area contributed by atoms with Crippen molar-refractivity contribution < 1.29 is 18.0 Å². The highest BCUT2D eigenvalue weighted by Crippen LogP contribution is 2.28. The molecule has 3 aromatic rings. The molecule has 1 saturated heterocycles. The quantitative estimate of drug-likeness (QED) is 0.252. The number of amides is 1. The summed E-state index contributed by atoms with van der Waals surface area (Å²) in [5, 5.41) is 13.1. The van der Waals surface area contributed by atoms with Crippen LogP contribution in [0.3, 0.4) is 0 Å². The van der Waals surface area contributed by atoms with Gasteiger partial charge in [-0.25, -0.2) is 0 Å². The number of rotatable bonds is 11. The number of fused-ring (bicyclic) bond motifs is 1. The molecule has 0 bridgehead atoms. The van der Waals surface area contributed by atoms with Gasteiger partial charge in [-0.3, -0.25) is 14.7 Å². The van der Waals surface area contributed by atoms with Gasteiger partial charge in [0, 0.05) is 24.0 Å². The number of nitriles is 1. The molecular weight excluding hydrogens is 577 g/mol. The van der Waals surface area contributed by atoms with Crippen LogP contribution in [-0.2, 0) is 23.2 Å². The van der Waals surface area contributed by atoms with Gasteiger partial charge in [-0.05, 0) is 100 Å². The molecular formula is C35H43F3N6O. The molecule has 4 rings (SSSR count). The smallest absolute Gasteiger partial charge is 0.373 e. The zero-order chi connectivity index (χ0) is 32.6. The molecule has 0 unspecified atom stereocenters. The number of aryl methyl sites for hydroxylation is 1. The van der Waals surface area contributed by atoms with Crippen molar-refractivity contribution in [2.24, 2.45) is 5.92 Å². The number of likely N-dealkylation sites (N-methyl/N-ethyl adjacent to an activating group) is 1. The molecule has 0 radical (unpaired) electrons. The van der Waals surface area contributed by atoms with Crippen LogP contribution < -0.4 is 5.32 Å². The van der Waals surface area contributed by atoms with E-state index in [0.29, 0.717) is 35.1 Å². The van der Waals surface area contributed by atoms with E-state index in [-0.39, 0.29) is 12.5 Å². The summed E-state index contributed by atoms with van der Waals surface area (Å²) >= 11 is 0. The molecule has 3 heterocycles. The zero-order valence-electron chi connectivity index (χ0n) is 26.7. The minimum atomic E-state index is -4.38. The lowest BCUT2D eigenvalue weighted by atomic mass is 9.90. The minimum Gasteiger partial charge on any atom is -0.373 e. The van der Waals surface area contributed by atoms with E-state index < -0.39 is 18.1 Å². The first-order chi connectivity index (χ1) is 21.4. The van der Waals surface area contributed by atoms with Crippen LogP contribution in [0.25, 0.3) is 10.9 Å².